The van der Waals surface area contributed by atoms with Crippen LogP contribution in [0.5, 0.6) is 0 Å². The molecule has 0 saturated carbocycles. The Balaban J connectivity index is 1.26. The largest absolute Gasteiger partial charge is 0.466 e. The number of hydrogen-bond acceptors (Lipinski definition) is 3. The zero-order valence-electron chi connectivity index (χ0n) is 18.5. The van der Waals surface area contributed by atoms with Crippen molar-refractivity contribution in [1.82, 2.24) is 5.32 Å². The zero-order chi connectivity index (χ0) is 22.3. The molecule has 0 aliphatic heterocycles. The van der Waals surface area contributed by atoms with E-state index in [1.54, 1.807) is 0 Å². The Labute approximate surface area is 189 Å². The normalized spacial score (nSPS) is 11.5. The number of ether oxygens (including phenoxy) is 1. The summed E-state index contributed by atoms with van der Waals surface area (Å²) in [5, 5.41) is 3.06. The van der Waals surface area contributed by atoms with Crippen molar-refractivity contribution in [2.45, 2.75) is 39.0 Å². The lowest BCUT2D eigenvalue weighted by atomic mass is 9.99. The Hall–Kier alpha value is -3.40. The fourth-order valence-corrected chi connectivity index (χ4v) is 4.32. The topological polar surface area (TPSA) is 55.4 Å². The Bertz CT molecular complexity index is 1100. The van der Waals surface area contributed by atoms with E-state index in [9.17, 15) is 9.59 Å². The van der Waals surface area contributed by atoms with E-state index < -0.39 is 0 Å². The summed E-state index contributed by atoms with van der Waals surface area (Å²) >= 11 is 0. The average Bonchev–Trinajstić information content (AvgIpc) is 3.19. The summed E-state index contributed by atoms with van der Waals surface area (Å²) in [5.74, 6) is -0.104. The maximum Gasteiger partial charge on any atom is 0.306 e. The number of aryl methyl sites for hydroxylation is 1. The van der Waals surface area contributed by atoms with Crippen molar-refractivity contribution >= 4 is 11.9 Å². The molecular weight excluding hydrogens is 398 g/mol. The van der Waals surface area contributed by atoms with Gasteiger partial charge in [-0.3, -0.25) is 9.59 Å². The molecule has 0 saturated heterocycles. The fourth-order valence-electron chi connectivity index (χ4n) is 4.32. The maximum atomic E-state index is 12.6. The first kappa shape index (κ1) is 21.8. The minimum Gasteiger partial charge on any atom is -0.466 e. The smallest absolute Gasteiger partial charge is 0.306 e. The van der Waals surface area contributed by atoms with Gasteiger partial charge in [-0.1, -0.05) is 66.7 Å². The summed E-state index contributed by atoms with van der Waals surface area (Å²) in [6, 6.07) is 23.0. The third kappa shape index (κ3) is 5.25. The monoisotopic (exact) mass is 427 g/mol. The lowest BCUT2D eigenvalue weighted by Crippen LogP contribution is -2.27. The van der Waals surface area contributed by atoms with Gasteiger partial charge >= 0.3 is 5.97 Å². The van der Waals surface area contributed by atoms with Crippen LogP contribution in [0.2, 0.25) is 0 Å². The predicted octanol–water partition coefficient (Wildman–Crippen LogP) is 4.65. The Kier molecular flexibility index (Phi) is 7.00. The summed E-state index contributed by atoms with van der Waals surface area (Å²) in [6.45, 7) is 2.84. The maximum absolute atomic E-state index is 12.6. The van der Waals surface area contributed by atoms with E-state index in [2.05, 4.69) is 53.8 Å². The number of rotatable bonds is 9. The van der Waals surface area contributed by atoms with Gasteiger partial charge in [0.2, 0.25) is 5.91 Å². The van der Waals surface area contributed by atoms with E-state index in [0.29, 0.717) is 32.4 Å². The van der Waals surface area contributed by atoms with Crippen LogP contribution in [-0.2, 0) is 40.0 Å². The Morgan fingerprint density at radius 2 is 1.59 bits per heavy atom. The van der Waals surface area contributed by atoms with Gasteiger partial charge in [0, 0.05) is 13.0 Å². The van der Waals surface area contributed by atoms with Crippen LogP contribution < -0.4 is 5.32 Å². The fraction of sp³-hybridized carbons (Fsp3) is 0.286. The lowest BCUT2D eigenvalue weighted by Gasteiger charge is -2.10. The molecule has 1 N–H and O–H groups in total. The van der Waals surface area contributed by atoms with Gasteiger partial charge in [-0.2, -0.15) is 0 Å². The minimum absolute atomic E-state index is 0.0559. The first-order chi connectivity index (χ1) is 15.6. The van der Waals surface area contributed by atoms with E-state index in [-0.39, 0.29) is 11.9 Å². The molecule has 4 rings (SSSR count). The van der Waals surface area contributed by atoms with Crippen LogP contribution in [0, 0.1) is 0 Å². The molecule has 3 aromatic rings. The molecule has 1 amide bonds. The highest BCUT2D eigenvalue weighted by molar-refractivity contribution is 5.83. The molecule has 0 fully saturated rings. The van der Waals surface area contributed by atoms with Gasteiger partial charge in [0.15, 0.2) is 0 Å². The molecule has 4 heteroatoms. The van der Waals surface area contributed by atoms with E-state index in [1.807, 2.05) is 25.1 Å². The van der Waals surface area contributed by atoms with Crippen LogP contribution in [0.25, 0.3) is 11.1 Å². The second kappa shape index (κ2) is 10.3. The van der Waals surface area contributed by atoms with Crippen molar-refractivity contribution in [2.75, 3.05) is 13.2 Å². The van der Waals surface area contributed by atoms with E-state index in [1.165, 1.54) is 27.8 Å². The molecule has 0 spiro atoms. The van der Waals surface area contributed by atoms with Crippen LogP contribution in [0.3, 0.4) is 0 Å². The molecule has 164 valence electrons. The van der Waals surface area contributed by atoms with Crippen LogP contribution in [0.1, 0.15) is 41.2 Å². The highest BCUT2D eigenvalue weighted by Gasteiger charge is 2.21. The average molecular weight is 428 g/mol. The zero-order valence-corrected chi connectivity index (χ0v) is 18.5. The highest BCUT2D eigenvalue weighted by atomic mass is 16.5. The number of benzene rings is 3. The molecule has 32 heavy (non-hydrogen) atoms. The molecule has 0 bridgehead atoms. The number of nitrogens with one attached hydrogen (secondary N) is 1. The third-order valence-corrected chi connectivity index (χ3v) is 5.98. The first-order valence-electron chi connectivity index (χ1n) is 11.3. The standard InChI is InChI=1S/C28H29NO3/c1-2-32-28(31)15-14-20-10-12-21(13-11-20)16-17-29-27(30)19-23-7-5-9-25-24-8-4-3-6-22(24)18-26(23)25/h3-13H,2,14-19H2,1H3,(H,29,30). The number of esters is 1. The van der Waals surface area contributed by atoms with Gasteiger partial charge in [-0.25, -0.2) is 0 Å². The van der Waals surface area contributed by atoms with E-state index in [4.69, 9.17) is 4.74 Å². The van der Waals surface area contributed by atoms with Crippen LogP contribution in [0.4, 0.5) is 0 Å². The molecular formula is C28H29NO3. The third-order valence-electron chi connectivity index (χ3n) is 5.98. The van der Waals surface area contributed by atoms with Crippen molar-refractivity contribution in [2.24, 2.45) is 0 Å². The number of carbonyl (C=O) groups is 2. The minimum atomic E-state index is -0.160. The molecule has 0 radical (unpaired) electrons. The van der Waals surface area contributed by atoms with Gasteiger partial charge in [0.05, 0.1) is 13.0 Å². The van der Waals surface area contributed by atoms with Gasteiger partial charge < -0.3 is 10.1 Å². The first-order valence-corrected chi connectivity index (χ1v) is 11.3. The van der Waals surface area contributed by atoms with Crippen molar-refractivity contribution in [1.29, 1.82) is 0 Å². The van der Waals surface area contributed by atoms with Crippen LogP contribution in [0.15, 0.2) is 66.7 Å². The molecule has 0 heterocycles. The summed E-state index contributed by atoms with van der Waals surface area (Å²) < 4.78 is 4.97. The van der Waals surface area contributed by atoms with Gasteiger partial charge in [-0.05, 0) is 65.1 Å². The highest BCUT2D eigenvalue weighted by Crippen LogP contribution is 2.38. The van der Waals surface area contributed by atoms with E-state index in [0.717, 1.165) is 24.0 Å². The van der Waals surface area contributed by atoms with Crippen LogP contribution >= 0.6 is 0 Å². The number of hydrogen-bond donors (Lipinski definition) is 1. The van der Waals surface area contributed by atoms with Crippen molar-refractivity contribution in [3.63, 3.8) is 0 Å². The number of fused-ring (bicyclic) bond motifs is 3. The van der Waals surface area contributed by atoms with Crippen molar-refractivity contribution in [3.05, 3.63) is 94.5 Å². The second-order valence-electron chi connectivity index (χ2n) is 8.18. The molecule has 3 aromatic carbocycles. The predicted molar refractivity (Wildman–Crippen MR) is 126 cm³/mol. The molecule has 0 unspecified atom stereocenters. The lowest BCUT2D eigenvalue weighted by molar-refractivity contribution is -0.143. The molecule has 0 atom stereocenters. The Morgan fingerprint density at radius 1 is 0.875 bits per heavy atom. The molecule has 1 aliphatic rings. The molecule has 4 nitrogen and oxygen atoms in total. The molecule has 0 aromatic heterocycles. The number of carbonyl (C=O) groups excluding carboxylic acids is 2. The Morgan fingerprint density at radius 3 is 2.38 bits per heavy atom. The van der Waals surface area contributed by atoms with Gasteiger partial charge in [0.25, 0.3) is 0 Å². The van der Waals surface area contributed by atoms with Crippen molar-refractivity contribution < 1.29 is 14.3 Å². The molecule has 1 aliphatic carbocycles. The van der Waals surface area contributed by atoms with Gasteiger partial charge in [-0.15, -0.1) is 0 Å². The second-order valence-corrected chi connectivity index (χ2v) is 8.18. The summed E-state index contributed by atoms with van der Waals surface area (Å²) in [5.41, 5.74) is 8.56. The van der Waals surface area contributed by atoms with Gasteiger partial charge in [0.1, 0.15) is 0 Å². The van der Waals surface area contributed by atoms with E-state index >= 15 is 0 Å². The van der Waals surface area contributed by atoms with Crippen molar-refractivity contribution in [3.8, 4) is 11.1 Å². The number of amides is 1. The summed E-state index contributed by atoms with van der Waals surface area (Å²) in [6.07, 6.45) is 3.17. The summed E-state index contributed by atoms with van der Waals surface area (Å²) in [7, 11) is 0. The summed E-state index contributed by atoms with van der Waals surface area (Å²) in [4.78, 5) is 24.1. The SMILES string of the molecule is CCOC(=O)CCc1ccc(CCNC(=O)Cc2cccc3c2Cc2ccccc2-3)cc1. The quantitative estimate of drug-likeness (QED) is 0.396. The van der Waals surface area contributed by atoms with Crippen LogP contribution in [-0.4, -0.2) is 25.0 Å².